The first-order chi connectivity index (χ1) is 18.4. The highest BCUT2D eigenvalue weighted by atomic mass is 32.2. The van der Waals surface area contributed by atoms with Crippen LogP contribution in [0.4, 0.5) is 0 Å². The van der Waals surface area contributed by atoms with Crippen LogP contribution in [0.15, 0.2) is 69.6 Å². The van der Waals surface area contributed by atoms with E-state index in [1.54, 1.807) is 29.7 Å². The summed E-state index contributed by atoms with van der Waals surface area (Å²) in [7, 11) is 3.25. The molecule has 1 aliphatic heterocycles. The van der Waals surface area contributed by atoms with Crippen molar-refractivity contribution in [3.05, 3.63) is 81.8 Å². The Morgan fingerprint density at radius 3 is 2.34 bits per heavy atom. The van der Waals surface area contributed by atoms with Crippen LogP contribution in [0, 0.1) is 0 Å². The van der Waals surface area contributed by atoms with E-state index in [2.05, 4.69) is 15.2 Å². The molecule has 38 heavy (non-hydrogen) atoms. The zero-order chi connectivity index (χ0) is 26.8. The Balaban J connectivity index is 1.43. The van der Waals surface area contributed by atoms with Gasteiger partial charge in [-0.05, 0) is 53.4 Å². The maximum atomic E-state index is 13.6. The Kier molecular flexibility index (Phi) is 7.19. The van der Waals surface area contributed by atoms with Gasteiger partial charge in [0, 0.05) is 18.2 Å². The zero-order valence-electron chi connectivity index (χ0n) is 21.5. The van der Waals surface area contributed by atoms with Crippen molar-refractivity contribution in [2.45, 2.75) is 37.4 Å². The first-order valence-electron chi connectivity index (χ1n) is 12.2. The molecule has 0 radical (unpaired) electrons. The van der Waals surface area contributed by atoms with Gasteiger partial charge >= 0.3 is 0 Å². The second-order valence-corrected chi connectivity index (χ2v) is 10.1. The molecule has 0 aliphatic carbocycles. The Labute approximate surface area is 223 Å². The number of hydrogen-bond donors (Lipinski definition) is 1. The Morgan fingerprint density at radius 1 is 1.05 bits per heavy atom. The molecule has 1 N–H and O–H groups in total. The van der Waals surface area contributed by atoms with Crippen molar-refractivity contribution in [3.8, 4) is 11.5 Å². The lowest BCUT2D eigenvalue weighted by atomic mass is 9.98. The molecule has 4 aromatic rings. The smallest absolute Gasteiger partial charge is 0.253 e. The van der Waals surface area contributed by atoms with Crippen LogP contribution in [0.1, 0.15) is 49.0 Å². The molecule has 0 bridgehead atoms. The molecular formula is C27H28N6O4S. The minimum atomic E-state index is -0.260. The van der Waals surface area contributed by atoms with E-state index in [-0.39, 0.29) is 29.2 Å². The Morgan fingerprint density at radius 2 is 1.71 bits per heavy atom. The fourth-order valence-electron chi connectivity index (χ4n) is 4.42. The molecule has 11 heteroatoms. The standard InChI is InChI=1S/C27H28N6O4S/c1-16(2)22-14-24(34)28-26-29-30-27(32(22)26)38-15-25(35)33-23(18-7-11-20(37-4)12-8-18)13-21(31-33)17-5-9-19(36-3)10-6-17/h5-12,14,16,23H,13,15H2,1-4H3,(H,28,29,34). The maximum Gasteiger partial charge on any atom is 0.253 e. The highest BCUT2D eigenvalue weighted by molar-refractivity contribution is 7.99. The number of benzene rings is 2. The number of rotatable bonds is 8. The highest BCUT2D eigenvalue weighted by Crippen LogP contribution is 2.35. The molecule has 10 nitrogen and oxygen atoms in total. The van der Waals surface area contributed by atoms with Crippen LogP contribution in [0.3, 0.4) is 0 Å². The fraction of sp³-hybridized carbons (Fsp3) is 0.296. The number of hydrazone groups is 1. The van der Waals surface area contributed by atoms with Gasteiger partial charge in [0.25, 0.3) is 11.5 Å². The second-order valence-electron chi connectivity index (χ2n) is 9.15. The summed E-state index contributed by atoms with van der Waals surface area (Å²) in [6.07, 6.45) is 0.571. The summed E-state index contributed by atoms with van der Waals surface area (Å²) in [5, 5.41) is 15.2. The van der Waals surface area contributed by atoms with Gasteiger partial charge in [-0.2, -0.15) is 5.10 Å². The van der Waals surface area contributed by atoms with Gasteiger partial charge in [-0.15, -0.1) is 10.2 Å². The van der Waals surface area contributed by atoms with E-state index in [0.717, 1.165) is 34.0 Å². The SMILES string of the molecule is COc1ccc(C2=NN(C(=O)CSc3nnc4[nH]c(=O)cc(C(C)C)n34)C(c3ccc(OC)cc3)C2)cc1. The van der Waals surface area contributed by atoms with Crippen molar-refractivity contribution >= 4 is 29.2 Å². The van der Waals surface area contributed by atoms with Gasteiger partial charge in [0.15, 0.2) is 5.16 Å². The van der Waals surface area contributed by atoms with E-state index in [0.29, 0.717) is 17.4 Å². The number of aromatic amines is 1. The number of carbonyl (C=O) groups is 1. The van der Waals surface area contributed by atoms with Gasteiger partial charge < -0.3 is 9.47 Å². The number of H-pyrrole nitrogens is 1. The third-order valence-electron chi connectivity index (χ3n) is 6.41. The van der Waals surface area contributed by atoms with Gasteiger partial charge in [-0.1, -0.05) is 37.7 Å². The third-order valence-corrected chi connectivity index (χ3v) is 7.33. The normalized spacial score (nSPS) is 15.2. The van der Waals surface area contributed by atoms with Crippen molar-refractivity contribution in [2.75, 3.05) is 20.0 Å². The number of nitrogens with one attached hydrogen (secondary N) is 1. The van der Waals surface area contributed by atoms with Crippen LogP contribution in [0.2, 0.25) is 0 Å². The molecule has 1 unspecified atom stereocenters. The molecule has 2 aromatic heterocycles. The maximum absolute atomic E-state index is 13.6. The fourth-order valence-corrected chi connectivity index (χ4v) is 5.23. The topological polar surface area (TPSA) is 114 Å². The number of hydrogen-bond acceptors (Lipinski definition) is 8. The number of methoxy groups -OCH3 is 2. The molecular weight excluding hydrogens is 504 g/mol. The van der Waals surface area contributed by atoms with Crippen molar-refractivity contribution in [3.63, 3.8) is 0 Å². The predicted octanol–water partition coefficient (Wildman–Crippen LogP) is 4.03. The Bertz CT molecular complexity index is 1540. The minimum Gasteiger partial charge on any atom is -0.497 e. The van der Waals surface area contributed by atoms with Gasteiger partial charge in [0.05, 0.1) is 31.7 Å². The van der Waals surface area contributed by atoms with Gasteiger partial charge in [0.1, 0.15) is 11.5 Å². The Hall–Kier alpha value is -4.12. The molecule has 1 amide bonds. The van der Waals surface area contributed by atoms with E-state index in [1.807, 2.05) is 62.4 Å². The highest BCUT2D eigenvalue weighted by Gasteiger charge is 2.33. The number of amides is 1. The summed E-state index contributed by atoms with van der Waals surface area (Å²) < 4.78 is 12.4. The molecule has 0 saturated carbocycles. The molecule has 1 atom stereocenters. The second kappa shape index (κ2) is 10.7. The molecule has 0 saturated heterocycles. The summed E-state index contributed by atoms with van der Waals surface area (Å²) in [6.45, 7) is 3.99. The van der Waals surface area contributed by atoms with E-state index in [1.165, 1.54) is 11.8 Å². The average Bonchev–Trinajstić information content (AvgIpc) is 3.56. The van der Waals surface area contributed by atoms with Crippen molar-refractivity contribution in [2.24, 2.45) is 5.10 Å². The predicted molar refractivity (Wildman–Crippen MR) is 145 cm³/mol. The number of aromatic nitrogens is 4. The lowest BCUT2D eigenvalue weighted by Gasteiger charge is -2.22. The molecule has 0 fully saturated rings. The lowest BCUT2D eigenvalue weighted by Crippen LogP contribution is -2.28. The largest absolute Gasteiger partial charge is 0.497 e. The molecule has 1 aliphatic rings. The first kappa shape index (κ1) is 25.5. The van der Waals surface area contributed by atoms with Crippen LogP contribution in [0.5, 0.6) is 11.5 Å². The van der Waals surface area contributed by atoms with Gasteiger partial charge in [-0.25, -0.2) is 5.01 Å². The summed E-state index contributed by atoms with van der Waals surface area (Å²) in [5.41, 5.74) is 3.26. The van der Waals surface area contributed by atoms with Crippen LogP contribution in [-0.4, -0.2) is 56.2 Å². The summed E-state index contributed by atoms with van der Waals surface area (Å²) in [6, 6.07) is 16.6. The van der Waals surface area contributed by atoms with Crippen LogP contribution in [0.25, 0.3) is 5.78 Å². The van der Waals surface area contributed by atoms with E-state index >= 15 is 0 Å². The summed E-state index contributed by atoms with van der Waals surface area (Å²) in [4.78, 5) is 28.3. The molecule has 196 valence electrons. The van der Waals surface area contributed by atoms with Crippen LogP contribution >= 0.6 is 11.8 Å². The minimum absolute atomic E-state index is 0.0699. The number of fused-ring (bicyclic) bond motifs is 1. The number of nitrogens with zero attached hydrogens (tertiary/aromatic N) is 5. The number of thioether (sulfide) groups is 1. The van der Waals surface area contributed by atoms with E-state index in [4.69, 9.17) is 14.6 Å². The number of carbonyl (C=O) groups excluding carboxylic acids is 1. The van der Waals surface area contributed by atoms with E-state index < -0.39 is 0 Å². The van der Waals surface area contributed by atoms with Gasteiger partial charge in [-0.3, -0.25) is 19.0 Å². The zero-order valence-corrected chi connectivity index (χ0v) is 22.4. The van der Waals surface area contributed by atoms with Crippen LogP contribution in [-0.2, 0) is 4.79 Å². The third kappa shape index (κ3) is 5.01. The average molecular weight is 533 g/mol. The lowest BCUT2D eigenvalue weighted by molar-refractivity contribution is -0.130. The van der Waals surface area contributed by atoms with Crippen LogP contribution < -0.4 is 15.0 Å². The van der Waals surface area contributed by atoms with E-state index in [9.17, 15) is 9.59 Å². The quantitative estimate of drug-likeness (QED) is 0.341. The first-order valence-corrected chi connectivity index (χ1v) is 13.2. The number of ether oxygens (including phenoxy) is 2. The molecule has 5 rings (SSSR count). The molecule has 3 heterocycles. The van der Waals surface area contributed by atoms with Crippen molar-refractivity contribution in [1.29, 1.82) is 0 Å². The molecule has 2 aromatic carbocycles. The van der Waals surface area contributed by atoms with Crippen molar-refractivity contribution < 1.29 is 14.3 Å². The van der Waals surface area contributed by atoms with Gasteiger partial charge in [0.2, 0.25) is 5.78 Å². The molecule has 0 spiro atoms. The summed E-state index contributed by atoms with van der Waals surface area (Å²) >= 11 is 1.26. The van der Waals surface area contributed by atoms with Crippen molar-refractivity contribution in [1.82, 2.24) is 24.6 Å². The monoisotopic (exact) mass is 532 g/mol. The summed E-state index contributed by atoms with van der Waals surface area (Å²) in [5.74, 6) is 1.87.